The van der Waals surface area contributed by atoms with E-state index in [0.29, 0.717) is 17.8 Å². The molecular weight excluding hydrogens is 360 g/mol. The fourth-order valence-electron chi connectivity index (χ4n) is 2.84. The molecule has 0 N–H and O–H groups in total. The second kappa shape index (κ2) is 9.13. The lowest BCUT2D eigenvalue weighted by Gasteiger charge is -2.27. The van der Waals surface area contributed by atoms with Gasteiger partial charge in [-0.1, -0.05) is 44.2 Å². The van der Waals surface area contributed by atoms with Gasteiger partial charge < -0.3 is 4.74 Å². The number of hydrogen-bond acceptors (Lipinski definition) is 5. The zero-order valence-corrected chi connectivity index (χ0v) is 17.5. The van der Waals surface area contributed by atoms with Crippen molar-refractivity contribution in [1.82, 2.24) is 9.88 Å². The SMILES string of the molecule is CC.CC(C)(C)OC(=O)N1CCC[C@H]1c1nc(C(=O)c2ccccc2)cs1. The Morgan fingerprint density at radius 3 is 2.48 bits per heavy atom. The van der Waals surface area contributed by atoms with Gasteiger partial charge in [0.2, 0.25) is 5.78 Å². The van der Waals surface area contributed by atoms with Crippen molar-refractivity contribution in [2.24, 2.45) is 0 Å². The minimum Gasteiger partial charge on any atom is -0.444 e. The molecule has 0 unspecified atom stereocenters. The Hall–Kier alpha value is -2.21. The summed E-state index contributed by atoms with van der Waals surface area (Å²) in [5.41, 5.74) is 0.527. The van der Waals surface area contributed by atoms with Crippen LogP contribution in [0.15, 0.2) is 35.7 Å². The van der Waals surface area contributed by atoms with Crippen molar-refractivity contribution in [3.63, 3.8) is 0 Å². The molecule has 5 nitrogen and oxygen atoms in total. The molecule has 1 aliphatic heterocycles. The normalized spacial score (nSPS) is 16.5. The maximum absolute atomic E-state index is 12.5. The zero-order valence-electron chi connectivity index (χ0n) is 16.7. The Kier molecular flexibility index (Phi) is 7.13. The van der Waals surface area contributed by atoms with Crippen LogP contribution in [0, 0.1) is 0 Å². The molecule has 0 saturated carbocycles. The third-order valence-electron chi connectivity index (χ3n) is 3.96. The Balaban J connectivity index is 0.00000126. The van der Waals surface area contributed by atoms with Gasteiger partial charge in [-0.05, 0) is 33.6 Å². The molecule has 2 aromatic rings. The van der Waals surface area contributed by atoms with Gasteiger partial charge in [-0.2, -0.15) is 0 Å². The van der Waals surface area contributed by atoms with Crippen molar-refractivity contribution in [1.29, 1.82) is 0 Å². The second-order valence-corrected chi connectivity index (χ2v) is 7.99. The molecule has 1 aliphatic rings. The highest BCUT2D eigenvalue weighted by Gasteiger charge is 2.35. The molecule has 1 saturated heterocycles. The maximum Gasteiger partial charge on any atom is 0.410 e. The molecule has 27 heavy (non-hydrogen) atoms. The first-order valence-corrected chi connectivity index (χ1v) is 10.3. The summed E-state index contributed by atoms with van der Waals surface area (Å²) in [4.78, 5) is 31.2. The number of amides is 1. The number of thiazole rings is 1. The lowest BCUT2D eigenvalue weighted by molar-refractivity contribution is 0.0224. The molecule has 2 heterocycles. The van der Waals surface area contributed by atoms with Gasteiger partial charge in [-0.25, -0.2) is 9.78 Å². The number of benzene rings is 1. The quantitative estimate of drug-likeness (QED) is 0.654. The van der Waals surface area contributed by atoms with Gasteiger partial charge in [-0.3, -0.25) is 9.69 Å². The van der Waals surface area contributed by atoms with E-state index >= 15 is 0 Å². The molecule has 0 radical (unpaired) electrons. The zero-order chi connectivity index (χ0) is 20.0. The third kappa shape index (κ3) is 5.39. The van der Waals surface area contributed by atoms with E-state index < -0.39 is 5.60 Å². The van der Waals surface area contributed by atoms with Crippen molar-refractivity contribution in [2.45, 2.75) is 59.1 Å². The molecule has 6 heteroatoms. The predicted octanol–water partition coefficient (Wildman–Crippen LogP) is 5.47. The first kappa shape index (κ1) is 21.1. The number of likely N-dealkylation sites (tertiary alicyclic amines) is 1. The maximum atomic E-state index is 12.5. The highest BCUT2D eigenvalue weighted by molar-refractivity contribution is 7.10. The Morgan fingerprint density at radius 1 is 1.19 bits per heavy atom. The van der Waals surface area contributed by atoms with Crippen LogP contribution in [0.25, 0.3) is 0 Å². The van der Waals surface area contributed by atoms with Crippen LogP contribution in [-0.4, -0.2) is 33.9 Å². The minimum atomic E-state index is -0.526. The van der Waals surface area contributed by atoms with Crippen LogP contribution in [0.5, 0.6) is 0 Å². The van der Waals surface area contributed by atoms with Gasteiger partial charge in [0.05, 0.1) is 6.04 Å². The standard InChI is InChI=1S/C19H22N2O3S.C2H6/c1-19(2,3)24-18(23)21-11-7-10-15(21)17-20-14(12-25-17)16(22)13-8-5-4-6-9-13;1-2/h4-6,8-9,12,15H,7,10-11H2,1-3H3;1-2H3/t15-;/m0./s1. The topological polar surface area (TPSA) is 59.5 Å². The van der Waals surface area contributed by atoms with Gasteiger partial charge >= 0.3 is 6.09 Å². The van der Waals surface area contributed by atoms with Crippen LogP contribution < -0.4 is 0 Å². The summed E-state index contributed by atoms with van der Waals surface area (Å²) in [6.07, 6.45) is 1.43. The van der Waals surface area contributed by atoms with Gasteiger partial charge in [0.1, 0.15) is 16.3 Å². The first-order valence-electron chi connectivity index (χ1n) is 9.40. The van der Waals surface area contributed by atoms with E-state index in [2.05, 4.69) is 4.98 Å². The van der Waals surface area contributed by atoms with E-state index in [1.54, 1.807) is 22.4 Å². The second-order valence-electron chi connectivity index (χ2n) is 7.10. The minimum absolute atomic E-state index is 0.0927. The van der Waals surface area contributed by atoms with Crippen molar-refractivity contribution >= 4 is 23.2 Å². The smallest absolute Gasteiger partial charge is 0.410 e. The molecule has 0 aliphatic carbocycles. The van der Waals surface area contributed by atoms with Crippen LogP contribution >= 0.6 is 11.3 Å². The van der Waals surface area contributed by atoms with Gasteiger partial charge in [-0.15, -0.1) is 11.3 Å². The molecule has 0 bridgehead atoms. The Labute approximate surface area is 165 Å². The van der Waals surface area contributed by atoms with Crippen molar-refractivity contribution in [2.75, 3.05) is 6.54 Å². The van der Waals surface area contributed by atoms with E-state index in [4.69, 9.17) is 4.74 Å². The van der Waals surface area contributed by atoms with E-state index in [1.165, 1.54) is 11.3 Å². The average molecular weight is 389 g/mol. The lowest BCUT2D eigenvalue weighted by atomic mass is 10.1. The van der Waals surface area contributed by atoms with Crippen molar-refractivity contribution in [3.8, 4) is 0 Å². The summed E-state index contributed by atoms with van der Waals surface area (Å²) in [6.45, 7) is 10.2. The first-order chi connectivity index (χ1) is 12.8. The van der Waals surface area contributed by atoms with Crippen LogP contribution in [0.1, 0.15) is 74.6 Å². The van der Waals surface area contributed by atoms with Gasteiger partial charge in [0.15, 0.2) is 0 Å². The Bertz CT molecular complexity index is 765. The monoisotopic (exact) mass is 388 g/mol. The van der Waals surface area contributed by atoms with Gasteiger partial charge in [0, 0.05) is 17.5 Å². The molecular formula is C21H28N2O3S. The van der Waals surface area contributed by atoms with Crippen molar-refractivity contribution < 1.29 is 14.3 Å². The molecule has 1 aromatic heterocycles. The highest BCUT2D eigenvalue weighted by atomic mass is 32.1. The highest BCUT2D eigenvalue weighted by Crippen LogP contribution is 2.35. The number of rotatable bonds is 3. The van der Waals surface area contributed by atoms with E-state index in [0.717, 1.165) is 17.8 Å². The number of aromatic nitrogens is 1. The number of carbonyl (C=O) groups is 2. The number of hydrogen-bond donors (Lipinski definition) is 0. The number of ether oxygens (including phenoxy) is 1. The third-order valence-corrected chi connectivity index (χ3v) is 4.90. The summed E-state index contributed by atoms with van der Waals surface area (Å²) >= 11 is 1.43. The van der Waals surface area contributed by atoms with E-state index in [1.807, 2.05) is 52.8 Å². The molecule has 1 fully saturated rings. The van der Waals surface area contributed by atoms with E-state index in [9.17, 15) is 9.59 Å². The van der Waals surface area contributed by atoms with Crippen LogP contribution in [0.4, 0.5) is 4.79 Å². The fourth-order valence-corrected chi connectivity index (χ4v) is 3.79. The Morgan fingerprint density at radius 2 is 1.85 bits per heavy atom. The fraction of sp³-hybridized carbons (Fsp3) is 0.476. The largest absolute Gasteiger partial charge is 0.444 e. The van der Waals surface area contributed by atoms with Crippen LogP contribution in [0.2, 0.25) is 0 Å². The average Bonchev–Trinajstić information content (AvgIpc) is 3.31. The molecule has 146 valence electrons. The number of carbonyl (C=O) groups excluding carboxylic acids is 2. The van der Waals surface area contributed by atoms with Crippen molar-refractivity contribution in [3.05, 3.63) is 52.0 Å². The number of nitrogens with zero attached hydrogens (tertiary/aromatic N) is 2. The molecule has 0 spiro atoms. The molecule has 1 amide bonds. The summed E-state index contributed by atoms with van der Waals surface area (Å²) < 4.78 is 5.49. The molecule has 3 rings (SSSR count). The van der Waals surface area contributed by atoms with Crippen LogP contribution in [0.3, 0.4) is 0 Å². The lowest BCUT2D eigenvalue weighted by Crippen LogP contribution is -2.36. The summed E-state index contributed by atoms with van der Waals surface area (Å²) in [6, 6.07) is 9.00. The summed E-state index contributed by atoms with van der Waals surface area (Å²) in [5, 5.41) is 2.57. The summed E-state index contributed by atoms with van der Waals surface area (Å²) in [7, 11) is 0. The van der Waals surface area contributed by atoms with E-state index in [-0.39, 0.29) is 17.9 Å². The number of ketones is 1. The summed E-state index contributed by atoms with van der Waals surface area (Å²) in [5.74, 6) is -0.0927. The molecule has 1 atom stereocenters. The molecule has 1 aromatic carbocycles. The van der Waals surface area contributed by atoms with Crippen LogP contribution in [-0.2, 0) is 4.74 Å². The van der Waals surface area contributed by atoms with Gasteiger partial charge in [0.25, 0.3) is 0 Å². The predicted molar refractivity (Wildman–Crippen MR) is 108 cm³/mol.